The molecule has 1 aliphatic heterocycles. The number of aromatic amines is 1. The maximum Gasteiger partial charge on any atom is 0.330 e. The van der Waals surface area contributed by atoms with Crippen LogP contribution < -0.4 is 17.0 Å². The molecule has 0 bridgehead atoms. The molecule has 1 aliphatic rings. The van der Waals surface area contributed by atoms with E-state index in [9.17, 15) is 14.7 Å². The van der Waals surface area contributed by atoms with Crippen LogP contribution in [-0.2, 0) is 10.2 Å². The molecule has 0 saturated carbocycles. The van der Waals surface area contributed by atoms with Gasteiger partial charge in [0.25, 0.3) is 5.56 Å². The Balaban J connectivity index is 1.66. The highest BCUT2D eigenvalue weighted by molar-refractivity contribution is 5.53. The fourth-order valence-electron chi connectivity index (χ4n) is 5.25. The molecule has 4 aromatic rings. The summed E-state index contributed by atoms with van der Waals surface area (Å²) in [5.41, 5.74) is 8.08. The summed E-state index contributed by atoms with van der Waals surface area (Å²) in [4.78, 5) is 26.1. The Kier molecular flexibility index (Phi) is 6.21. The second-order valence-electron chi connectivity index (χ2n) is 8.81. The number of H-pyrrole nitrogens is 1. The highest BCUT2D eigenvalue weighted by Gasteiger charge is 2.50. The van der Waals surface area contributed by atoms with Gasteiger partial charge in [-0.25, -0.2) is 4.79 Å². The monoisotopic (exact) mass is 469 g/mol. The fraction of sp³-hybridized carbons (Fsp3) is 0.214. The molecule has 0 amide bonds. The summed E-state index contributed by atoms with van der Waals surface area (Å²) in [5.74, 6) is 0. The third-order valence-corrected chi connectivity index (χ3v) is 6.84. The van der Waals surface area contributed by atoms with E-state index in [1.165, 1.54) is 16.8 Å². The second kappa shape index (κ2) is 9.46. The maximum absolute atomic E-state index is 12.4. The summed E-state index contributed by atoms with van der Waals surface area (Å²) < 4.78 is 7.56. The number of nitrogens with zero attached hydrogens (tertiary/aromatic N) is 1. The van der Waals surface area contributed by atoms with Gasteiger partial charge in [0.1, 0.15) is 12.3 Å². The molecule has 7 nitrogen and oxygen atoms in total. The van der Waals surface area contributed by atoms with Crippen molar-refractivity contribution in [2.45, 2.75) is 36.3 Å². The van der Waals surface area contributed by atoms with Crippen molar-refractivity contribution in [2.75, 3.05) is 0 Å². The SMILES string of the molecule is NC([C@@H]1O[C@H](n2ccc(=O)[nH]c2=O)CC1O)C(c1ccccc1)(c1ccccc1)c1ccccc1. The number of hydrogen-bond donors (Lipinski definition) is 3. The molecule has 35 heavy (non-hydrogen) atoms. The smallest absolute Gasteiger partial charge is 0.330 e. The molecular formula is C28H27N3O4. The van der Waals surface area contributed by atoms with Crippen molar-refractivity contribution in [1.29, 1.82) is 0 Å². The van der Waals surface area contributed by atoms with Gasteiger partial charge in [-0.1, -0.05) is 91.0 Å². The first-order valence-electron chi connectivity index (χ1n) is 11.6. The third-order valence-electron chi connectivity index (χ3n) is 6.84. The minimum absolute atomic E-state index is 0.165. The zero-order valence-electron chi connectivity index (χ0n) is 19.0. The van der Waals surface area contributed by atoms with Crippen LogP contribution in [-0.4, -0.2) is 32.9 Å². The van der Waals surface area contributed by atoms with E-state index in [1.807, 2.05) is 91.0 Å². The Morgan fingerprint density at radius 3 is 1.80 bits per heavy atom. The number of aliphatic hydroxyl groups is 1. The van der Waals surface area contributed by atoms with Crippen LogP contribution in [0.1, 0.15) is 29.3 Å². The maximum atomic E-state index is 12.4. The van der Waals surface area contributed by atoms with Crippen molar-refractivity contribution in [1.82, 2.24) is 9.55 Å². The van der Waals surface area contributed by atoms with Crippen molar-refractivity contribution < 1.29 is 9.84 Å². The van der Waals surface area contributed by atoms with E-state index < -0.39 is 41.1 Å². The van der Waals surface area contributed by atoms with Crippen molar-refractivity contribution in [3.63, 3.8) is 0 Å². The first kappa shape index (κ1) is 23.0. The van der Waals surface area contributed by atoms with Gasteiger partial charge < -0.3 is 15.6 Å². The van der Waals surface area contributed by atoms with E-state index in [-0.39, 0.29) is 6.42 Å². The van der Waals surface area contributed by atoms with Crippen molar-refractivity contribution in [3.8, 4) is 0 Å². The summed E-state index contributed by atoms with van der Waals surface area (Å²) in [6, 6.07) is 30.4. The van der Waals surface area contributed by atoms with Crippen LogP contribution in [0.3, 0.4) is 0 Å². The average molecular weight is 470 g/mol. The number of benzene rings is 3. The minimum atomic E-state index is -0.927. The lowest BCUT2D eigenvalue weighted by molar-refractivity contribution is -0.0403. The molecule has 7 heteroatoms. The highest BCUT2D eigenvalue weighted by atomic mass is 16.5. The van der Waals surface area contributed by atoms with Crippen LogP contribution in [0.15, 0.2) is 113 Å². The number of aliphatic hydroxyl groups excluding tert-OH is 1. The lowest BCUT2D eigenvalue weighted by Crippen LogP contribution is -2.56. The topological polar surface area (TPSA) is 110 Å². The molecule has 4 N–H and O–H groups in total. The largest absolute Gasteiger partial charge is 0.390 e. The Labute approximate surface area is 202 Å². The lowest BCUT2D eigenvalue weighted by atomic mass is 9.63. The Morgan fingerprint density at radius 2 is 1.34 bits per heavy atom. The number of nitrogens with one attached hydrogen (secondary N) is 1. The molecule has 4 atom stereocenters. The van der Waals surface area contributed by atoms with Crippen LogP contribution in [0.4, 0.5) is 0 Å². The van der Waals surface area contributed by atoms with E-state index in [0.717, 1.165) is 16.7 Å². The van der Waals surface area contributed by atoms with E-state index >= 15 is 0 Å². The zero-order chi connectivity index (χ0) is 24.4. The Hall–Kier alpha value is -3.78. The number of ether oxygens (including phenoxy) is 1. The summed E-state index contributed by atoms with van der Waals surface area (Å²) in [7, 11) is 0. The van der Waals surface area contributed by atoms with Crippen molar-refractivity contribution >= 4 is 0 Å². The van der Waals surface area contributed by atoms with Gasteiger partial charge in [0, 0.05) is 18.7 Å². The van der Waals surface area contributed by atoms with Gasteiger partial charge >= 0.3 is 5.69 Å². The van der Waals surface area contributed by atoms with E-state index in [4.69, 9.17) is 10.5 Å². The highest BCUT2D eigenvalue weighted by Crippen LogP contribution is 2.45. The predicted octanol–water partition coefficient (Wildman–Crippen LogP) is 2.55. The molecule has 178 valence electrons. The molecule has 0 aliphatic carbocycles. The standard InChI is InChI=1S/C28H27N3O4/c29-26(25-22(32)18-24(35-25)31-17-16-23(33)30-27(31)34)28(19-10-4-1-5-11-19,20-12-6-2-7-13-20)21-14-8-3-9-15-21/h1-17,22,24-26,32H,18,29H2,(H,30,33,34)/t22?,24-,25+,26?/m0/s1. The Morgan fingerprint density at radius 1 is 0.857 bits per heavy atom. The van der Waals surface area contributed by atoms with Gasteiger partial charge in [-0.3, -0.25) is 14.3 Å². The summed E-state index contributed by atoms with van der Waals surface area (Å²) in [6.45, 7) is 0. The number of rotatable bonds is 6. The quantitative estimate of drug-likeness (QED) is 0.376. The fourth-order valence-corrected chi connectivity index (χ4v) is 5.25. The minimum Gasteiger partial charge on any atom is -0.390 e. The second-order valence-corrected chi connectivity index (χ2v) is 8.81. The van der Waals surface area contributed by atoms with Gasteiger partial charge in [-0.2, -0.15) is 0 Å². The van der Waals surface area contributed by atoms with E-state index in [1.54, 1.807) is 0 Å². The molecule has 1 aromatic heterocycles. The molecule has 0 spiro atoms. The van der Waals surface area contributed by atoms with Gasteiger partial charge in [-0.05, 0) is 16.7 Å². The first-order valence-corrected chi connectivity index (χ1v) is 11.6. The molecule has 1 fully saturated rings. The molecule has 0 radical (unpaired) electrons. The van der Waals surface area contributed by atoms with E-state index in [0.29, 0.717) is 0 Å². The van der Waals surface area contributed by atoms with Crippen molar-refractivity contribution in [2.24, 2.45) is 5.73 Å². The van der Waals surface area contributed by atoms with E-state index in [2.05, 4.69) is 4.98 Å². The zero-order valence-corrected chi connectivity index (χ0v) is 19.0. The van der Waals surface area contributed by atoms with Crippen LogP contribution in [0.25, 0.3) is 0 Å². The molecular weight excluding hydrogens is 442 g/mol. The van der Waals surface area contributed by atoms with Crippen LogP contribution in [0, 0.1) is 0 Å². The Bertz CT molecular complexity index is 1290. The van der Waals surface area contributed by atoms with Crippen LogP contribution in [0.2, 0.25) is 0 Å². The van der Waals surface area contributed by atoms with Crippen LogP contribution in [0.5, 0.6) is 0 Å². The average Bonchev–Trinajstić information content (AvgIpc) is 3.27. The predicted molar refractivity (Wildman–Crippen MR) is 133 cm³/mol. The number of hydrogen-bond acceptors (Lipinski definition) is 5. The molecule has 3 aromatic carbocycles. The lowest BCUT2D eigenvalue weighted by Gasteiger charge is -2.43. The molecule has 2 heterocycles. The molecule has 5 rings (SSSR count). The van der Waals surface area contributed by atoms with Crippen molar-refractivity contribution in [3.05, 3.63) is 141 Å². The molecule has 2 unspecified atom stereocenters. The molecule has 1 saturated heterocycles. The summed E-state index contributed by atoms with van der Waals surface area (Å²) >= 11 is 0. The normalized spacial score (nSPS) is 21.0. The van der Waals surface area contributed by atoms with Crippen LogP contribution >= 0.6 is 0 Å². The van der Waals surface area contributed by atoms with Gasteiger partial charge in [0.15, 0.2) is 0 Å². The number of nitrogens with two attached hydrogens (primary N) is 1. The van der Waals surface area contributed by atoms with Gasteiger partial charge in [-0.15, -0.1) is 0 Å². The van der Waals surface area contributed by atoms with Gasteiger partial charge in [0.05, 0.1) is 17.6 Å². The third kappa shape index (κ3) is 4.04. The summed E-state index contributed by atoms with van der Waals surface area (Å²) in [5, 5.41) is 11.1. The summed E-state index contributed by atoms with van der Waals surface area (Å²) in [6.07, 6.45) is -0.932. The first-order chi connectivity index (χ1) is 17.0. The van der Waals surface area contributed by atoms with Gasteiger partial charge in [0.2, 0.25) is 0 Å². The number of aromatic nitrogens is 2.